The van der Waals surface area contributed by atoms with E-state index < -0.39 is 0 Å². The fraction of sp³-hybridized carbons (Fsp3) is 0.462. The van der Waals surface area contributed by atoms with Gasteiger partial charge in [0.1, 0.15) is 5.75 Å². The zero-order valence-electron chi connectivity index (χ0n) is 10.7. The van der Waals surface area contributed by atoms with Gasteiger partial charge in [0.05, 0.1) is 5.02 Å². The third kappa shape index (κ3) is 4.75. The summed E-state index contributed by atoms with van der Waals surface area (Å²) in [6.45, 7) is 5.96. The Labute approximate surface area is 117 Å². The standard InChI is InChI=1S/C13H17Cl2NO2/c1-8(2)9(3)16-13(17)7-18-12-6-10(14)4-5-11(12)15/h4-6,8-9H,7H2,1-3H3,(H,16,17)/t9-/m1/s1. The van der Waals surface area contributed by atoms with E-state index in [2.05, 4.69) is 5.32 Å². The molecular weight excluding hydrogens is 273 g/mol. The summed E-state index contributed by atoms with van der Waals surface area (Å²) in [5.41, 5.74) is 0. The number of nitrogens with one attached hydrogen (secondary N) is 1. The van der Waals surface area contributed by atoms with Crippen molar-refractivity contribution >= 4 is 29.1 Å². The molecule has 1 amide bonds. The number of ether oxygens (including phenoxy) is 1. The second-order valence-electron chi connectivity index (χ2n) is 4.46. The molecule has 5 heteroatoms. The zero-order chi connectivity index (χ0) is 13.7. The molecule has 0 aliphatic heterocycles. The molecule has 0 fully saturated rings. The van der Waals surface area contributed by atoms with Crippen molar-refractivity contribution in [1.29, 1.82) is 0 Å². The molecule has 1 aromatic rings. The van der Waals surface area contributed by atoms with Crippen LogP contribution >= 0.6 is 23.2 Å². The molecule has 0 unspecified atom stereocenters. The van der Waals surface area contributed by atoms with E-state index in [0.717, 1.165) is 0 Å². The molecule has 0 aliphatic rings. The molecule has 1 N–H and O–H groups in total. The summed E-state index contributed by atoms with van der Waals surface area (Å²) in [7, 11) is 0. The lowest BCUT2D eigenvalue weighted by Gasteiger charge is -2.17. The van der Waals surface area contributed by atoms with E-state index in [1.807, 2.05) is 20.8 Å². The average Bonchev–Trinajstić information content (AvgIpc) is 2.30. The largest absolute Gasteiger partial charge is 0.482 e. The second-order valence-corrected chi connectivity index (χ2v) is 5.31. The topological polar surface area (TPSA) is 38.3 Å². The molecule has 3 nitrogen and oxygen atoms in total. The Morgan fingerprint density at radius 3 is 2.61 bits per heavy atom. The summed E-state index contributed by atoms with van der Waals surface area (Å²) in [6, 6.07) is 4.99. The molecule has 1 atom stereocenters. The van der Waals surface area contributed by atoms with Crippen LogP contribution in [0.1, 0.15) is 20.8 Å². The van der Waals surface area contributed by atoms with Gasteiger partial charge in [0, 0.05) is 17.1 Å². The zero-order valence-corrected chi connectivity index (χ0v) is 12.2. The van der Waals surface area contributed by atoms with Crippen molar-refractivity contribution in [1.82, 2.24) is 5.32 Å². The van der Waals surface area contributed by atoms with E-state index in [0.29, 0.717) is 21.7 Å². The van der Waals surface area contributed by atoms with Crippen LogP contribution in [0.5, 0.6) is 5.75 Å². The number of amides is 1. The van der Waals surface area contributed by atoms with Crippen LogP contribution in [0.3, 0.4) is 0 Å². The van der Waals surface area contributed by atoms with Crippen molar-refractivity contribution in [2.75, 3.05) is 6.61 Å². The first-order valence-electron chi connectivity index (χ1n) is 5.77. The van der Waals surface area contributed by atoms with E-state index in [9.17, 15) is 4.79 Å². The van der Waals surface area contributed by atoms with Gasteiger partial charge in [0.15, 0.2) is 6.61 Å². The Morgan fingerprint density at radius 1 is 1.33 bits per heavy atom. The highest BCUT2D eigenvalue weighted by molar-refractivity contribution is 6.34. The third-order valence-electron chi connectivity index (χ3n) is 2.64. The van der Waals surface area contributed by atoms with Crippen LogP contribution in [-0.4, -0.2) is 18.6 Å². The highest BCUT2D eigenvalue weighted by atomic mass is 35.5. The van der Waals surface area contributed by atoms with E-state index in [-0.39, 0.29) is 18.6 Å². The molecule has 0 spiro atoms. The molecule has 0 bridgehead atoms. The van der Waals surface area contributed by atoms with E-state index >= 15 is 0 Å². The first-order chi connectivity index (χ1) is 8.40. The molecule has 0 heterocycles. The minimum Gasteiger partial charge on any atom is -0.482 e. The quantitative estimate of drug-likeness (QED) is 0.900. The number of carbonyl (C=O) groups is 1. The van der Waals surface area contributed by atoms with Gasteiger partial charge in [-0.2, -0.15) is 0 Å². The van der Waals surface area contributed by atoms with Crippen LogP contribution in [0.15, 0.2) is 18.2 Å². The number of rotatable bonds is 5. The fourth-order valence-electron chi connectivity index (χ4n) is 1.19. The highest BCUT2D eigenvalue weighted by Crippen LogP contribution is 2.27. The summed E-state index contributed by atoms with van der Waals surface area (Å²) >= 11 is 11.7. The van der Waals surface area contributed by atoms with Gasteiger partial charge in [-0.15, -0.1) is 0 Å². The summed E-state index contributed by atoms with van der Waals surface area (Å²) in [5.74, 6) is 0.618. The molecule has 0 saturated heterocycles. The Balaban J connectivity index is 2.50. The lowest BCUT2D eigenvalue weighted by Crippen LogP contribution is -2.38. The summed E-state index contributed by atoms with van der Waals surface area (Å²) in [4.78, 5) is 11.6. The minimum atomic E-state index is -0.174. The SMILES string of the molecule is CC(C)[C@@H](C)NC(=O)COc1cc(Cl)ccc1Cl. The van der Waals surface area contributed by atoms with Gasteiger partial charge < -0.3 is 10.1 Å². The monoisotopic (exact) mass is 289 g/mol. The van der Waals surface area contributed by atoms with Crippen molar-refractivity contribution in [3.05, 3.63) is 28.2 Å². The maximum atomic E-state index is 11.6. The molecule has 1 aromatic carbocycles. The summed E-state index contributed by atoms with van der Waals surface area (Å²) < 4.78 is 5.33. The number of hydrogen-bond acceptors (Lipinski definition) is 2. The van der Waals surface area contributed by atoms with Gasteiger partial charge in [0.25, 0.3) is 5.91 Å². The molecule has 0 aliphatic carbocycles. The van der Waals surface area contributed by atoms with Crippen LogP contribution in [0.2, 0.25) is 10.0 Å². The Morgan fingerprint density at radius 2 is 2.00 bits per heavy atom. The van der Waals surface area contributed by atoms with E-state index in [1.54, 1.807) is 18.2 Å². The normalized spacial score (nSPS) is 12.3. The molecule has 100 valence electrons. The Kier molecular flexibility index (Phi) is 5.76. The van der Waals surface area contributed by atoms with E-state index in [4.69, 9.17) is 27.9 Å². The van der Waals surface area contributed by atoms with Crippen molar-refractivity contribution in [3.8, 4) is 5.75 Å². The smallest absolute Gasteiger partial charge is 0.258 e. The molecule has 0 aromatic heterocycles. The van der Waals surface area contributed by atoms with Crippen molar-refractivity contribution in [3.63, 3.8) is 0 Å². The van der Waals surface area contributed by atoms with Gasteiger partial charge in [-0.3, -0.25) is 4.79 Å². The first-order valence-corrected chi connectivity index (χ1v) is 6.53. The summed E-state index contributed by atoms with van der Waals surface area (Å²) in [5, 5.41) is 3.80. The molecule has 0 radical (unpaired) electrons. The Bertz CT molecular complexity index is 421. The summed E-state index contributed by atoms with van der Waals surface area (Å²) in [6.07, 6.45) is 0. The van der Waals surface area contributed by atoms with Crippen LogP contribution in [-0.2, 0) is 4.79 Å². The predicted octanol–water partition coefficient (Wildman–Crippen LogP) is 3.53. The van der Waals surface area contributed by atoms with Gasteiger partial charge in [-0.05, 0) is 25.0 Å². The van der Waals surface area contributed by atoms with Gasteiger partial charge >= 0.3 is 0 Å². The maximum Gasteiger partial charge on any atom is 0.258 e. The highest BCUT2D eigenvalue weighted by Gasteiger charge is 2.12. The lowest BCUT2D eigenvalue weighted by molar-refractivity contribution is -0.123. The van der Waals surface area contributed by atoms with Crippen molar-refractivity contribution in [2.45, 2.75) is 26.8 Å². The van der Waals surface area contributed by atoms with Gasteiger partial charge in [-0.25, -0.2) is 0 Å². The van der Waals surface area contributed by atoms with Crippen LogP contribution in [0.4, 0.5) is 0 Å². The average molecular weight is 290 g/mol. The van der Waals surface area contributed by atoms with Crippen LogP contribution in [0.25, 0.3) is 0 Å². The molecule has 18 heavy (non-hydrogen) atoms. The van der Waals surface area contributed by atoms with Crippen molar-refractivity contribution in [2.24, 2.45) is 5.92 Å². The van der Waals surface area contributed by atoms with Gasteiger partial charge in [0.2, 0.25) is 0 Å². The number of halogens is 2. The predicted molar refractivity (Wildman–Crippen MR) is 74.4 cm³/mol. The number of carbonyl (C=O) groups excluding carboxylic acids is 1. The number of benzene rings is 1. The second kappa shape index (κ2) is 6.86. The van der Waals surface area contributed by atoms with Crippen LogP contribution in [0, 0.1) is 5.92 Å². The van der Waals surface area contributed by atoms with Gasteiger partial charge in [-0.1, -0.05) is 37.0 Å². The molecule has 0 saturated carbocycles. The first kappa shape index (κ1) is 15.1. The maximum absolute atomic E-state index is 11.6. The fourth-order valence-corrected chi connectivity index (χ4v) is 1.53. The minimum absolute atomic E-state index is 0.0723. The number of hydrogen-bond donors (Lipinski definition) is 1. The van der Waals surface area contributed by atoms with E-state index in [1.165, 1.54) is 0 Å². The molecular formula is C13H17Cl2NO2. The van der Waals surface area contributed by atoms with Crippen LogP contribution < -0.4 is 10.1 Å². The third-order valence-corrected chi connectivity index (χ3v) is 3.19. The van der Waals surface area contributed by atoms with Crippen molar-refractivity contribution < 1.29 is 9.53 Å². The lowest BCUT2D eigenvalue weighted by atomic mass is 10.1. The molecule has 1 rings (SSSR count). The Hall–Kier alpha value is -0.930.